The van der Waals surface area contributed by atoms with Gasteiger partial charge in [0.25, 0.3) is 0 Å². The quantitative estimate of drug-likeness (QED) is 0.722. The molecule has 1 unspecified atom stereocenters. The molecule has 0 aliphatic carbocycles. The van der Waals surface area contributed by atoms with Crippen molar-refractivity contribution >= 4 is 5.97 Å². The largest absolute Gasteiger partial charge is 0.481 e. The molecule has 0 radical (unpaired) electrons. The molecule has 1 aromatic heterocycles. The second kappa shape index (κ2) is 3.98. The lowest BCUT2D eigenvalue weighted by Crippen LogP contribution is -2.13. The van der Waals surface area contributed by atoms with Crippen molar-refractivity contribution < 1.29 is 14.3 Å². The highest BCUT2D eigenvalue weighted by atomic mass is 19.1. The Labute approximate surface area is 75.2 Å². The summed E-state index contributed by atoms with van der Waals surface area (Å²) < 4.78 is 12.9. The van der Waals surface area contributed by atoms with Gasteiger partial charge in [-0.1, -0.05) is 13.0 Å². The summed E-state index contributed by atoms with van der Waals surface area (Å²) in [6.45, 7) is 1.54. The van der Waals surface area contributed by atoms with Crippen molar-refractivity contribution in [3.8, 4) is 0 Å². The van der Waals surface area contributed by atoms with Crippen LogP contribution in [0.3, 0.4) is 0 Å². The zero-order chi connectivity index (χ0) is 9.84. The van der Waals surface area contributed by atoms with E-state index in [4.69, 9.17) is 5.11 Å². The van der Waals surface area contributed by atoms with Gasteiger partial charge < -0.3 is 5.11 Å². The molecular weight excluding hydrogens is 173 g/mol. The number of hydrogen-bond acceptors (Lipinski definition) is 2. The first-order valence-electron chi connectivity index (χ1n) is 3.93. The zero-order valence-corrected chi connectivity index (χ0v) is 7.20. The Morgan fingerprint density at radius 2 is 2.46 bits per heavy atom. The Kier molecular flexibility index (Phi) is 2.95. The highest BCUT2D eigenvalue weighted by Gasteiger charge is 2.13. The third kappa shape index (κ3) is 2.50. The van der Waals surface area contributed by atoms with Crippen LogP contribution in [0.25, 0.3) is 0 Å². The van der Waals surface area contributed by atoms with Crippen molar-refractivity contribution in [1.29, 1.82) is 0 Å². The summed E-state index contributed by atoms with van der Waals surface area (Å²) in [5.41, 5.74) is 0.345. The van der Waals surface area contributed by atoms with Crippen molar-refractivity contribution in [2.45, 2.75) is 13.3 Å². The summed E-state index contributed by atoms with van der Waals surface area (Å²) in [6, 6.07) is 3.13. The van der Waals surface area contributed by atoms with Crippen LogP contribution < -0.4 is 0 Å². The number of rotatable bonds is 3. The minimum Gasteiger partial charge on any atom is -0.481 e. The molecule has 0 aliphatic heterocycles. The Hall–Kier alpha value is -1.45. The van der Waals surface area contributed by atoms with Gasteiger partial charge in [-0.05, 0) is 12.5 Å². The van der Waals surface area contributed by atoms with Crippen LogP contribution in [0.1, 0.15) is 12.5 Å². The average molecular weight is 183 g/mol. The van der Waals surface area contributed by atoms with Gasteiger partial charge in [0, 0.05) is 11.8 Å². The van der Waals surface area contributed by atoms with E-state index in [-0.39, 0.29) is 6.42 Å². The van der Waals surface area contributed by atoms with Crippen LogP contribution in [0.2, 0.25) is 0 Å². The average Bonchev–Trinajstić information content (AvgIpc) is 2.08. The monoisotopic (exact) mass is 183 g/mol. The van der Waals surface area contributed by atoms with E-state index in [0.29, 0.717) is 5.56 Å². The predicted octanol–water partition coefficient (Wildman–Crippen LogP) is 1.48. The topological polar surface area (TPSA) is 50.2 Å². The van der Waals surface area contributed by atoms with Gasteiger partial charge in [0.15, 0.2) is 0 Å². The normalized spacial score (nSPS) is 12.5. The summed E-state index contributed by atoms with van der Waals surface area (Å²) in [5, 5.41) is 8.59. The van der Waals surface area contributed by atoms with Gasteiger partial charge in [0.2, 0.25) is 5.95 Å². The van der Waals surface area contributed by atoms with E-state index in [0.717, 1.165) is 0 Å². The molecule has 1 rings (SSSR count). The number of halogens is 1. The van der Waals surface area contributed by atoms with Crippen molar-refractivity contribution in [2.75, 3.05) is 0 Å². The number of hydrogen-bond donors (Lipinski definition) is 1. The summed E-state index contributed by atoms with van der Waals surface area (Å²) >= 11 is 0. The van der Waals surface area contributed by atoms with E-state index in [1.165, 1.54) is 13.1 Å². The second-order valence-electron chi connectivity index (χ2n) is 2.90. The molecule has 0 amide bonds. The summed E-state index contributed by atoms with van der Waals surface area (Å²) in [7, 11) is 0. The van der Waals surface area contributed by atoms with Gasteiger partial charge >= 0.3 is 5.97 Å². The van der Waals surface area contributed by atoms with Crippen LogP contribution in [0, 0.1) is 11.9 Å². The number of aliphatic carboxylic acids is 1. The van der Waals surface area contributed by atoms with Gasteiger partial charge in [0.05, 0.1) is 5.92 Å². The summed E-state index contributed by atoms with van der Waals surface area (Å²) in [6.07, 6.45) is 1.51. The molecule has 0 spiro atoms. The van der Waals surface area contributed by atoms with Gasteiger partial charge in [-0.15, -0.1) is 0 Å². The molecule has 3 nitrogen and oxygen atoms in total. The molecule has 70 valence electrons. The predicted molar refractivity (Wildman–Crippen MR) is 44.7 cm³/mol. The summed E-state index contributed by atoms with van der Waals surface area (Å²) in [5.74, 6) is -2.10. The number of aromatic nitrogens is 1. The molecule has 1 atom stereocenters. The van der Waals surface area contributed by atoms with E-state index in [1.807, 2.05) is 0 Å². The number of pyridine rings is 1. The fraction of sp³-hybridized carbons (Fsp3) is 0.333. The van der Waals surface area contributed by atoms with Gasteiger partial charge in [0.1, 0.15) is 0 Å². The first-order valence-corrected chi connectivity index (χ1v) is 3.93. The van der Waals surface area contributed by atoms with E-state index in [9.17, 15) is 9.18 Å². The highest BCUT2D eigenvalue weighted by molar-refractivity contribution is 5.69. The lowest BCUT2D eigenvalue weighted by molar-refractivity contribution is -0.141. The molecule has 1 aromatic rings. The van der Waals surface area contributed by atoms with Crippen LogP contribution in [0.4, 0.5) is 4.39 Å². The maximum atomic E-state index is 12.9. The molecule has 0 aromatic carbocycles. The van der Waals surface area contributed by atoms with Crippen LogP contribution >= 0.6 is 0 Å². The Morgan fingerprint density at radius 1 is 1.77 bits per heavy atom. The SMILES string of the molecule is CC(Cc1cccnc1F)C(=O)O. The Balaban J connectivity index is 2.74. The number of nitrogens with zero attached hydrogens (tertiary/aromatic N) is 1. The number of carboxylic acids is 1. The van der Waals surface area contributed by atoms with Crippen molar-refractivity contribution in [3.05, 3.63) is 29.8 Å². The molecule has 1 heterocycles. The minimum atomic E-state index is -0.928. The fourth-order valence-corrected chi connectivity index (χ4v) is 0.989. The molecule has 0 saturated carbocycles. The molecule has 0 bridgehead atoms. The fourth-order valence-electron chi connectivity index (χ4n) is 0.989. The zero-order valence-electron chi connectivity index (χ0n) is 7.20. The van der Waals surface area contributed by atoms with Gasteiger partial charge in [-0.3, -0.25) is 4.79 Å². The second-order valence-corrected chi connectivity index (χ2v) is 2.90. The molecule has 0 fully saturated rings. The van der Waals surface area contributed by atoms with E-state index in [2.05, 4.69) is 4.98 Å². The molecule has 4 heteroatoms. The number of carbonyl (C=O) groups is 1. The van der Waals surface area contributed by atoms with Crippen LogP contribution in [-0.2, 0) is 11.2 Å². The van der Waals surface area contributed by atoms with Crippen molar-refractivity contribution in [3.63, 3.8) is 0 Å². The minimum absolute atomic E-state index is 0.176. The third-order valence-corrected chi connectivity index (χ3v) is 1.78. The Bertz CT molecular complexity index is 314. The Morgan fingerprint density at radius 3 is 3.00 bits per heavy atom. The van der Waals surface area contributed by atoms with E-state index >= 15 is 0 Å². The van der Waals surface area contributed by atoms with Crippen LogP contribution in [0.15, 0.2) is 18.3 Å². The molecule has 13 heavy (non-hydrogen) atoms. The van der Waals surface area contributed by atoms with Gasteiger partial charge in [-0.25, -0.2) is 4.98 Å². The molecule has 0 aliphatic rings. The summed E-state index contributed by atoms with van der Waals surface area (Å²) in [4.78, 5) is 13.9. The standard InChI is InChI=1S/C9H10FNO2/c1-6(9(12)13)5-7-3-2-4-11-8(7)10/h2-4,6H,5H2,1H3,(H,12,13). The third-order valence-electron chi connectivity index (χ3n) is 1.78. The lowest BCUT2D eigenvalue weighted by Gasteiger charge is -2.05. The smallest absolute Gasteiger partial charge is 0.306 e. The number of carboxylic acid groups (broad SMARTS) is 1. The molecule has 1 N–H and O–H groups in total. The maximum absolute atomic E-state index is 12.9. The van der Waals surface area contributed by atoms with Crippen LogP contribution in [-0.4, -0.2) is 16.1 Å². The first-order chi connectivity index (χ1) is 6.11. The van der Waals surface area contributed by atoms with Crippen molar-refractivity contribution in [1.82, 2.24) is 4.98 Å². The van der Waals surface area contributed by atoms with E-state index in [1.54, 1.807) is 12.1 Å². The molecule has 0 saturated heterocycles. The van der Waals surface area contributed by atoms with Crippen LogP contribution in [0.5, 0.6) is 0 Å². The first kappa shape index (κ1) is 9.64. The molecular formula is C9H10FNO2. The van der Waals surface area contributed by atoms with Crippen molar-refractivity contribution in [2.24, 2.45) is 5.92 Å². The lowest BCUT2D eigenvalue weighted by atomic mass is 10.0. The maximum Gasteiger partial charge on any atom is 0.306 e. The van der Waals surface area contributed by atoms with Gasteiger partial charge in [-0.2, -0.15) is 4.39 Å². The van der Waals surface area contributed by atoms with E-state index < -0.39 is 17.8 Å². The highest BCUT2D eigenvalue weighted by Crippen LogP contribution is 2.10.